The molecule has 0 bridgehead atoms. The fourth-order valence-electron chi connectivity index (χ4n) is 3.97. The maximum absolute atomic E-state index is 12.2. The molecule has 1 N–H and O–H groups in total. The summed E-state index contributed by atoms with van der Waals surface area (Å²) in [7, 11) is -1.30. The van der Waals surface area contributed by atoms with E-state index < -0.39 is 14.2 Å². The Labute approximate surface area is 185 Å². The summed E-state index contributed by atoms with van der Waals surface area (Å²) in [5.74, 6) is 6.16. The van der Waals surface area contributed by atoms with Crippen LogP contribution in [0.4, 0.5) is 4.79 Å². The molecule has 3 aromatic carbocycles. The summed E-state index contributed by atoms with van der Waals surface area (Å²) in [6.07, 6.45) is -0.440. The zero-order chi connectivity index (χ0) is 21.8. The molecule has 1 amide bonds. The first-order valence-corrected chi connectivity index (χ1v) is 14.1. The summed E-state index contributed by atoms with van der Waals surface area (Å²) in [5.41, 5.74) is 5.81. The topological polar surface area (TPSA) is 38.3 Å². The van der Waals surface area contributed by atoms with E-state index in [0.29, 0.717) is 6.61 Å². The number of fused-ring (bicyclic) bond motifs is 3. The average Bonchev–Trinajstić information content (AvgIpc) is 3.09. The molecule has 3 nitrogen and oxygen atoms in total. The van der Waals surface area contributed by atoms with Gasteiger partial charge in [-0.3, -0.25) is 0 Å². The quantitative estimate of drug-likeness (QED) is 0.465. The van der Waals surface area contributed by atoms with Gasteiger partial charge >= 0.3 is 6.09 Å². The van der Waals surface area contributed by atoms with Crippen molar-refractivity contribution in [1.29, 1.82) is 0 Å². The van der Waals surface area contributed by atoms with Gasteiger partial charge in [-0.15, -0.1) is 0 Å². The summed E-state index contributed by atoms with van der Waals surface area (Å²) < 4.78 is 5.53. The van der Waals surface area contributed by atoms with Crippen molar-refractivity contribution in [1.82, 2.24) is 5.32 Å². The van der Waals surface area contributed by atoms with Gasteiger partial charge in [-0.2, -0.15) is 0 Å². The molecule has 0 saturated carbocycles. The Kier molecular flexibility index (Phi) is 5.97. The summed E-state index contributed by atoms with van der Waals surface area (Å²) in [6.45, 7) is 7.54. The molecule has 0 radical (unpaired) electrons. The van der Waals surface area contributed by atoms with Crippen molar-refractivity contribution < 1.29 is 9.53 Å². The average molecular weight is 426 g/mol. The van der Waals surface area contributed by atoms with Crippen LogP contribution < -0.4 is 10.5 Å². The highest BCUT2D eigenvalue weighted by atomic mass is 28.3. The largest absolute Gasteiger partial charge is 0.449 e. The van der Waals surface area contributed by atoms with Crippen molar-refractivity contribution in [3.05, 3.63) is 89.5 Å². The lowest BCUT2D eigenvalue weighted by molar-refractivity contribution is 0.144. The van der Waals surface area contributed by atoms with E-state index in [2.05, 4.69) is 73.2 Å². The predicted octanol–water partition coefficient (Wildman–Crippen LogP) is 5.12. The molecular formula is C27H27NO2Si. The minimum Gasteiger partial charge on any atom is -0.449 e. The smallest absolute Gasteiger partial charge is 0.407 e. The van der Waals surface area contributed by atoms with Gasteiger partial charge in [-0.05, 0) is 34.4 Å². The van der Waals surface area contributed by atoms with Crippen molar-refractivity contribution in [2.45, 2.75) is 25.6 Å². The van der Waals surface area contributed by atoms with E-state index >= 15 is 0 Å². The molecule has 0 spiro atoms. The lowest BCUT2D eigenvalue weighted by atomic mass is 9.98. The Hall–Kier alpha value is -3.29. The Morgan fingerprint density at radius 2 is 1.48 bits per heavy atom. The van der Waals surface area contributed by atoms with Crippen LogP contribution in [-0.4, -0.2) is 27.3 Å². The normalized spacial score (nSPS) is 12.4. The van der Waals surface area contributed by atoms with Crippen LogP contribution in [0.1, 0.15) is 22.6 Å². The third-order valence-electron chi connectivity index (χ3n) is 5.65. The van der Waals surface area contributed by atoms with E-state index in [-0.39, 0.29) is 12.5 Å². The summed E-state index contributed by atoms with van der Waals surface area (Å²) in [5, 5.41) is 4.14. The van der Waals surface area contributed by atoms with Gasteiger partial charge in [0, 0.05) is 11.5 Å². The van der Waals surface area contributed by atoms with Crippen LogP contribution in [0.25, 0.3) is 11.1 Å². The molecule has 0 aromatic heterocycles. The van der Waals surface area contributed by atoms with Crippen LogP contribution in [0.3, 0.4) is 0 Å². The molecule has 1 aliphatic carbocycles. The third-order valence-corrected chi connectivity index (χ3v) is 7.71. The first-order chi connectivity index (χ1) is 14.9. The lowest BCUT2D eigenvalue weighted by Gasteiger charge is -2.15. The monoisotopic (exact) mass is 425 g/mol. The second kappa shape index (κ2) is 8.83. The highest BCUT2D eigenvalue weighted by Gasteiger charge is 2.28. The highest BCUT2D eigenvalue weighted by molar-refractivity contribution is 6.88. The van der Waals surface area contributed by atoms with Crippen molar-refractivity contribution in [2.24, 2.45) is 0 Å². The second-order valence-corrected chi connectivity index (χ2v) is 13.9. The van der Waals surface area contributed by atoms with Crippen molar-refractivity contribution in [2.75, 3.05) is 13.2 Å². The maximum Gasteiger partial charge on any atom is 0.407 e. The van der Waals surface area contributed by atoms with Crippen LogP contribution in [0.2, 0.25) is 19.6 Å². The number of ether oxygens (including phenoxy) is 1. The fourth-order valence-corrected chi connectivity index (χ4v) is 5.13. The SMILES string of the molecule is C[Si](C)(C)c1ccc(C#CCNC(=O)OCC2c3ccccc3-c3ccccc32)cc1. The van der Waals surface area contributed by atoms with Crippen LogP contribution in [0.15, 0.2) is 72.8 Å². The first-order valence-electron chi connectivity index (χ1n) is 10.6. The molecule has 0 atom stereocenters. The first kappa shape index (κ1) is 21.0. The van der Waals surface area contributed by atoms with E-state index in [4.69, 9.17) is 4.74 Å². The number of amides is 1. The van der Waals surface area contributed by atoms with Gasteiger partial charge in [-0.1, -0.05) is 97.3 Å². The molecule has 0 unspecified atom stereocenters. The Morgan fingerprint density at radius 3 is 2.06 bits per heavy atom. The third kappa shape index (κ3) is 4.73. The zero-order valence-corrected chi connectivity index (χ0v) is 19.2. The number of rotatable bonds is 4. The Balaban J connectivity index is 1.31. The Morgan fingerprint density at radius 1 is 0.903 bits per heavy atom. The number of benzene rings is 3. The van der Waals surface area contributed by atoms with Crippen molar-refractivity contribution in [3.8, 4) is 23.0 Å². The van der Waals surface area contributed by atoms with Gasteiger partial charge in [0.1, 0.15) is 6.61 Å². The molecule has 4 rings (SSSR count). The number of carbonyl (C=O) groups is 1. The molecule has 31 heavy (non-hydrogen) atoms. The van der Waals surface area contributed by atoms with Crippen LogP contribution in [0, 0.1) is 11.8 Å². The predicted molar refractivity (Wildman–Crippen MR) is 129 cm³/mol. The minimum absolute atomic E-state index is 0.0640. The molecule has 3 aromatic rings. The van der Waals surface area contributed by atoms with Crippen molar-refractivity contribution >= 4 is 19.4 Å². The summed E-state index contributed by atoms with van der Waals surface area (Å²) in [6, 6.07) is 25.0. The fraction of sp³-hybridized carbons (Fsp3) is 0.222. The van der Waals surface area contributed by atoms with E-state index in [1.54, 1.807) is 0 Å². The van der Waals surface area contributed by atoms with Crippen molar-refractivity contribution in [3.63, 3.8) is 0 Å². The van der Waals surface area contributed by atoms with Crippen LogP contribution >= 0.6 is 0 Å². The molecule has 4 heteroatoms. The Bertz CT molecular complexity index is 1100. The van der Waals surface area contributed by atoms with Crippen LogP contribution in [0.5, 0.6) is 0 Å². The number of hydrogen-bond donors (Lipinski definition) is 1. The van der Waals surface area contributed by atoms with E-state index in [1.165, 1.54) is 27.4 Å². The van der Waals surface area contributed by atoms with E-state index in [0.717, 1.165) is 5.56 Å². The van der Waals surface area contributed by atoms with Gasteiger partial charge in [-0.25, -0.2) is 4.79 Å². The van der Waals surface area contributed by atoms with Gasteiger partial charge in [0.2, 0.25) is 0 Å². The summed E-state index contributed by atoms with van der Waals surface area (Å²) in [4.78, 5) is 12.2. The number of carbonyl (C=O) groups excluding carboxylic acids is 1. The van der Waals surface area contributed by atoms with E-state index in [1.807, 2.05) is 36.4 Å². The van der Waals surface area contributed by atoms with Gasteiger partial charge in [0.15, 0.2) is 0 Å². The molecule has 0 aliphatic heterocycles. The standard InChI is InChI=1S/C27H27NO2Si/c1-31(2,3)21-16-14-20(15-17-21)9-8-18-28-27(29)30-19-26-24-12-6-4-10-22(24)23-11-5-7-13-25(23)26/h4-7,10-17,26H,18-19H2,1-3H3,(H,28,29). The summed E-state index contributed by atoms with van der Waals surface area (Å²) >= 11 is 0. The molecule has 0 heterocycles. The van der Waals surface area contributed by atoms with Crippen LogP contribution in [-0.2, 0) is 4.74 Å². The highest BCUT2D eigenvalue weighted by Crippen LogP contribution is 2.44. The van der Waals surface area contributed by atoms with Gasteiger partial charge in [0.25, 0.3) is 0 Å². The maximum atomic E-state index is 12.2. The number of alkyl carbamates (subject to hydrolysis) is 1. The zero-order valence-electron chi connectivity index (χ0n) is 18.2. The van der Waals surface area contributed by atoms with E-state index in [9.17, 15) is 4.79 Å². The number of hydrogen-bond acceptors (Lipinski definition) is 2. The molecular weight excluding hydrogens is 398 g/mol. The van der Waals surface area contributed by atoms with Gasteiger partial charge < -0.3 is 10.1 Å². The number of nitrogens with one attached hydrogen (secondary N) is 1. The minimum atomic E-state index is -1.30. The second-order valence-electron chi connectivity index (χ2n) is 8.81. The molecule has 156 valence electrons. The molecule has 1 aliphatic rings. The molecule has 0 fully saturated rings. The van der Waals surface area contributed by atoms with Gasteiger partial charge in [0.05, 0.1) is 14.6 Å². The lowest BCUT2D eigenvalue weighted by Crippen LogP contribution is -2.37. The molecule has 0 saturated heterocycles.